The molecule has 2 fully saturated rings. The minimum atomic E-state index is -0.964. The average molecular weight is 299 g/mol. The van der Waals surface area contributed by atoms with Crippen LogP contribution in [-0.4, -0.2) is 48.4 Å². The number of esters is 1. The molecule has 0 bridgehead atoms. The molecule has 0 spiro atoms. The van der Waals surface area contributed by atoms with Crippen molar-refractivity contribution in [2.24, 2.45) is 5.41 Å². The first-order valence-corrected chi connectivity index (χ1v) is 7.68. The van der Waals surface area contributed by atoms with Crippen LogP contribution in [0.2, 0.25) is 0 Å². The Bertz CT molecular complexity index is 394. The van der Waals surface area contributed by atoms with Crippen LogP contribution in [0.1, 0.15) is 46.0 Å². The molecule has 1 saturated carbocycles. The summed E-state index contributed by atoms with van der Waals surface area (Å²) in [7, 11) is 0. The number of hydrogen-bond acceptors (Lipinski definition) is 5. The summed E-state index contributed by atoms with van der Waals surface area (Å²) in [5, 5.41) is 13.2. The maximum absolute atomic E-state index is 11.7. The van der Waals surface area contributed by atoms with Crippen LogP contribution in [0.15, 0.2) is 0 Å². The second kappa shape index (κ2) is 6.75. The molecule has 3 atom stereocenters. The highest BCUT2D eigenvalue weighted by atomic mass is 16.5. The molecule has 1 aliphatic heterocycles. The monoisotopic (exact) mass is 299 g/mol. The molecule has 0 radical (unpaired) electrons. The van der Waals surface area contributed by atoms with Crippen molar-refractivity contribution in [3.8, 4) is 0 Å². The molecule has 3 unspecified atom stereocenters. The fourth-order valence-corrected chi connectivity index (χ4v) is 3.51. The van der Waals surface area contributed by atoms with Gasteiger partial charge in [-0.1, -0.05) is 0 Å². The van der Waals surface area contributed by atoms with Gasteiger partial charge in [0.15, 0.2) is 0 Å². The van der Waals surface area contributed by atoms with Gasteiger partial charge in [0, 0.05) is 32.2 Å². The van der Waals surface area contributed by atoms with Crippen molar-refractivity contribution in [2.75, 3.05) is 13.2 Å². The SMILES string of the molecule is CC(=O)OC(C)C1(C(=O)O)CCC(NC2CCOCC2)C1. The van der Waals surface area contributed by atoms with Crippen LogP contribution in [-0.2, 0) is 19.1 Å². The molecule has 6 nitrogen and oxygen atoms in total. The van der Waals surface area contributed by atoms with Crippen molar-refractivity contribution in [1.82, 2.24) is 5.32 Å². The fraction of sp³-hybridized carbons (Fsp3) is 0.867. The van der Waals surface area contributed by atoms with Gasteiger partial charge in [-0.2, -0.15) is 0 Å². The summed E-state index contributed by atoms with van der Waals surface area (Å²) < 4.78 is 10.5. The van der Waals surface area contributed by atoms with Crippen molar-refractivity contribution in [1.29, 1.82) is 0 Å². The maximum atomic E-state index is 11.7. The molecule has 0 amide bonds. The third kappa shape index (κ3) is 3.74. The molecule has 21 heavy (non-hydrogen) atoms. The van der Waals surface area contributed by atoms with Crippen LogP contribution in [0.3, 0.4) is 0 Å². The highest BCUT2D eigenvalue weighted by Gasteiger charge is 2.51. The van der Waals surface area contributed by atoms with Crippen molar-refractivity contribution in [3.63, 3.8) is 0 Å². The fourth-order valence-electron chi connectivity index (χ4n) is 3.51. The van der Waals surface area contributed by atoms with Crippen molar-refractivity contribution >= 4 is 11.9 Å². The third-order valence-electron chi connectivity index (χ3n) is 4.79. The van der Waals surface area contributed by atoms with E-state index in [-0.39, 0.29) is 6.04 Å². The average Bonchev–Trinajstić information content (AvgIpc) is 2.84. The molecule has 1 saturated heterocycles. The topological polar surface area (TPSA) is 84.9 Å². The number of carboxylic acid groups (broad SMARTS) is 1. The number of aliphatic carboxylic acids is 1. The van der Waals surface area contributed by atoms with Crippen LogP contribution in [0.5, 0.6) is 0 Å². The molecular weight excluding hydrogens is 274 g/mol. The van der Waals surface area contributed by atoms with Crippen LogP contribution in [0, 0.1) is 5.41 Å². The van der Waals surface area contributed by atoms with Crippen LogP contribution in [0.25, 0.3) is 0 Å². The van der Waals surface area contributed by atoms with Gasteiger partial charge in [-0.3, -0.25) is 9.59 Å². The molecule has 2 N–H and O–H groups in total. The van der Waals surface area contributed by atoms with Gasteiger partial charge in [0.05, 0.1) is 0 Å². The van der Waals surface area contributed by atoms with Gasteiger partial charge in [0.2, 0.25) is 0 Å². The molecule has 1 aliphatic carbocycles. The lowest BCUT2D eigenvalue weighted by Gasteiger charge is -2.31. The zero-order valence-electron chi connectivity index (χ0n) is 12.8. The number of carbonyl (C=O) groups is 2. The van der Waals surface area contributed by atoms with E-state index in [1.54, 1.807) is 6.92 Å². The Hall–Kier alpha value is -1.14. The van der Waals surface area contributed by atoms with E-state index >= 15 is 0 Å². The Kier molecular flexibility index (Phi) is 5.22. The van der Waals surface area contributed by atoms with Gasteiger partial charge in [-0.05, 0) is 39.0 Å². The Morgan fingerprint density at radius 1 is 1.29 bits per heavy atom. The standard InChI is InChI=1S/C15H25NO5/c1-10(21-11(2)17)15(14(18)19)6-3-13(9-15)16-12-4-7-20-8-5-12/h10,12-13,16H,3-9H2,1-2H3,(H,18,19). The summed E-state index contributed by atoms with van der Waals surface area (Å²) in [6, 6.07) is 0.569. The van der Waals surface area contributed by atoms with Gasteiger partial charge >= 0.3 is 11.9 Å². The van der Waals surface area contributed by atoms with Crippen molar-refractivity contribution < 1.29 is 24.2 Å². The van der Waals surface area contributed by atoms with Gasteiger partial charge in [0.25, 0.3) is 0 Å². The quantitative estimate of drug-likeness (QED) is 0.745. The summed E-state index contributed by atoms with van der Waals surface area (Å²) in [4.78, 5) is 22.9. The summed E-state index contributed by atoms with van der Waals surface area (Å²) in [5.74, 6) is -1.29. The normalized spacial score (nSPS) is 31.8. The third-order valence-corrected chi connectivity index (χ3v) is 4.79. The Morgan fingerprint density at radius 2 is 1.95 bits per heavy atom. The Labute approximate surface area is 125 Å². The van der Waals surface area contributed by atoms with E-state index in [1.807, 2.05) is 0 Å². The maximum Gasteiger partial charge on any atom is 0.313 e. The summed E-state index contributed by atoms with van der Waals surface area (Å²) in [5.41, 5.74) is -0.964. The number of hydrogen-bond donors (Lipinski definition) is 2. The second-order valence-corrected chi connectivity index (χ2v) is 6.21. The molecule has 6 heteroatoms. The predicted octanol–water partition coefficient (Wildman–Crippen LogP) is 1.33. The first-order chi connectivity index (χ1) is 9.94. The highest BCUT2D eigenvalue weighted by molar-refractivity contribution is 5.77. The van der Waals surface area contributed by atoms with E-state index in [1.165, 1.54) is 6.92 Å². The van der Waals surface area contributed by atoms with Crippen molar-refractivity contribution in [3.05, 3.63) is 0 Å². The molecule has 0 aromatic carbocycles. The largest absolute Gasteiger partial charge is 0.481 e. The number of nitrogens with one attached hydrogen (secondary N) is 1. The van der Waals surface area contributed by atoms with E-state index in [2.05, 4.69) is 5.32 Å². The smallest absolute Gasteiger partial charge is 0.313 e. The molecule has 0 aromatic heterocycles. The van der Waals surface area contributed by atoms with Gasteiger partial charge in [-0.25, -0.2) is 0 Å². The predicted molar refractivity (Wildman–Crippen MR) is 75.9 cm³/mol. The van der Waals surface area contributed by atoms with Gasteiger partial charge in [0.1, 0.15) is 11.5 Å². The minimum absolute atomic E-state index is 0.169. The van der Waals surface area contributed by atoms with E-state index in [0.717, 1.165) is 32.5 Å². The lowest BCUT2D eigenvalue weighted by molar-refractivity contribution is -0.166. The van der Waals surface area contributed by atoms with Gasteiger partial charge < -0.3 is 19.9 Å². The van der Waals surface area contributed by atoms with Crippen LogP contribution >= 0.6 is 0 Å². The zero-order valence-corrected chi connectivity index (χ0v) is 12.8. The van der Waals surface area contributed by atoms with Crippen LogP contribution in [0.4, 0.5) is 0 Å². The molecule has 1 heterocycles. The number of rotatable bonds is 5. The molecular formula is C15H25NO5. The summed E-state index contributed by atoms with van der Waals surface area (Å²) >= 11 is 0. The zero-order chi connectivity index (χ0) is 15.5. The number of carboxylic acids is 1. The molecule has 2 rings (SSSR count). The lowest BCUT2D eigenvalue weighted by Crippen LogP contribution is -2.45. The van der Waals surface area contributed by atoms with Crippen molar-refractivity contribution in [2.45, 2.75) is 64.1 Å². The minimum Gasteiger partial charge on any atom is -0.481 e. The Morgan fingerprint density at radius 3 is 2.52 bits per heavy atom. The second-order valence-electron chi connectivity index (χ2n) is 6.21. The van der Waals surface area contributed by atoms with E-state index < -0.39 is 23.5 Å². The first kappa shape index (κ1) is 16.2. The molecule has 0 aromatic rings. The molecule has 2 aliphatic rings. The van der Waals surface area contributed by atoms with E-state index in [0.29, 0.717) is 18.9 Å². The lowest BCUT2D eigenvalue weighted by atomic mass is 9.80. The highest BCUT2D eigenvalue weighted by Crippen LogP contribution is 2.43. The van der Waals surface area contributed by atoms with Crippen LogP contribution < -0.4 is 5.32 Å². The van der Waals surface area contributed by atoms with Gasteiger partial charge in [-0.15, -0.1) is 0 Å². The first-order valence-electron chi connectivity index (χ1n) is 7.68. The number of ether oxygens (including phenoxy) is 2. The van der Waals surface area contributed by atoms with E-state index in [9.17, 15) is 14.7 Å². The Balaban J connectivity index is 1.97. The summed E-state index contributed by atoms with van der Waals surface area (Å²) in [6.07, 6.45) is 3.18. The van der Waals surface area contributed by atoms with E-state index in [4.69, 9.17) is 9.47 Å². The molecule has 120 valence electrons. The summed E-state index contributed by atoms with van der Waals surface area (Å²) in [6.45, 7) is 4.53. The number of carbonyl (C=O) groups excluding carboxylic acids is 1.